The Morgan fingerprint density at radius 1 is 1.26 bits per heavy atom. The van der Waals surface area contributed by atoms with Crippen molar-refractivity contribution in [3.05, 3.63) is 53.3 Å². The number of hydrogen-bond donors (Lipinski definition) is 1. The molecule has 2 aromatic rings. The molecule has 3 rings (SSSR count). The van der Waals surface area contributed by atoms with Gasteiger partial charge in [-0.3, -0.25) is 4.79 Å². The highest BCUT2D eigenvalue weighted by atomic mass is 35.5. The highest BCUT2D eigenvalue weighted by Gasteiger charge is 2.39. The third-order valence-electron chi connectivity index (χ3n) is 4.35. The summed E-state index contributed by atoms with van der Waals surface area (Å²) in [5, 5.41) is 3.10. The largest absolute Gasteiger partial charge is 0.495 e. The predicted molar refractivity (Wildman–Crippen MR) is 99.9 cm³/mol. The topological polar surface area (TPSA) is 75.7 Å². The lowest BCUT2D eigenvalue weighted by Crippen LogP contribution is -2.43. The molecular formula is C18H18ClFN2O4S. The highest BCUT2D eigenvalue weighted by molar-refractivity contribution is 7.89. The molecule has 0 aromatic heterocycles. The normalized spacial score (nSPS) is 17.7. The molecule has 0 aliphatic carbocycles. The summed E-state index contributed by atoms with van der Waals surface area (Å²) >= 11 is 5.97. The Kier molecular flexibility index (Phi) is 5.69. The number of hydrogen-bond acceptors (Lipinski definition) is 4. The van der Waals surface area contributed by atoms with Crippen molar-refractivity contribution in [2.24, 2.45) is 0 Å². The van der Waals surface area contributed by atoms with Gasteiger partial charge in [0.25, 0.3) is 0 Å². The Morgan fingerprint density at radius 3 is 2.63 bits per heavy atom. The molecule has 0 bridgehead atoms. The quantitative estimate of drug-likeness (QED) is 0.817. The second-order valence-corrected chi connectivity index (χ2v) is 8.39. The first-order chi connectivity index (χ1) is 12.8. The molecule has 0 saturated carbocycles. The average molecular weight is 413 g/mol. The Balaban J connectivity index is 1.85. The maximum atomic E-state index is 13.1. The van der Waals surface area contributed by atoms with Crippen molar-refractivity contribution >= 4 is 33.2 Å². The van der Waals surface area contributed by atoms with Crippen LogP contribution in [0.25, 0.3) is 0 Å². The van der Waals surface area contributed by atoms with Gasteiger partial charge in [-0.05, 0) is 55.3 Å². The van der Waals surface area contributed by atoms with Gasteiger partial charge in [-0.1, -0.05) is 11.6 Å². The second-order valence-electron chi connectivity index (χ2n) is 6.06. The maximum Gasteiger partial charge on any atom is 0.243 e. The molecule has 1 saturated heterocycles. The molecule has 144 valence electrons. The van der Waals surface area contributed by atoms with Gasteiger partial charge in [-0.2, -0.15) is 4.31 Å². The van der Waals surface area contributed by atoms with Crippen molar-refractivity contribution in [1.82, 2.24) is 4.31 Å². The van der Waals surface area contributed by atoms with Gasteiger partial charge in [0.2, 0.25) is 15.9 Å². The van der Waals surface area contributed by atoms with E-state index in [1.807, 2.05) is 0 Å². The van der Waals surface area contributed by atoms with Crippen molar-refractivity contribution in [1.29, 1.82) is 0 Å². The average Bonchev–Trinajstić information content (AvgIpc) is 3.13. The molecule has 1 amide bonds. The van der Waals surface area contributed by atoms with E-state index < -0.39 is 27.8 Å². The van der Waals surface area contributed by atoms with E-state index in [0.717, 1.165) is 16.4 Å². The number of carbonyl (C=O) groups excluding carboxylic acids is 1. The zero-order chi connectivity index (χ0) is 19.6. The summed E-state index contributed by atoms with van der Waals surface area (Å²) in [6, 6.07) is 8.44. The molecule has 2 aromatic carbocycles. The third kappa shape index (κ3) is 4.07. The van der Waals surface area contributed by atoms with Gasteiger partial charge < -0.3 is 10.1 Å². The molecule has 1 unspecified atom stereocenters. The van der Waals surface area contributed by atoms with Gasteiger partial charge in [-0.25, -0.2) is 12.8 Å². The Morgan fingerprint density at radius 2 is 1.96 bits per heavy atom. The van der Waals surface area contributed by atoms with Crippen molar-refractivity contribution in [2.75, 3.05) is 19.0 Å². The molecule has 6 nitrogen and oxygen atoms in total. The molecule has 1 atom stereocenters. The molecule has 1 aliphatic rings. The molecule has 1 fully saturated rings. The summed E-state index contributed by atoms with van der Waals surface area (Å²) in [6.07, 6.45) is 0.931. The van der Waals surface area contributed by atoms with Crippen LogP contribution in [-0.4, -0.2) is 38.3 Å². The fraction of sp³-hybridized carbons (Fsp3) is 0.278. The number of nitrogens with zero attached hydrogens (tertiary/aromatic N) is 1. The number of halogens is 2. The van der Waals surface area contributed by atoms with E-state index in [1.165, 1.54) is 25.3 Å². The predicted octanol–water partition coefficient (Wildman–Crippen LogP) is 3.28. The lowest BCUT2D eigenvalue weighted by atomic mass is 10.2. The van der Waals surface area contributed by atoms with E-state index in [1.54, 1.807) is 12.1 Å². The van der Waals surface area contributed by atoms with Crippen LogP contribution < -0.4 is 10.1 Å². The second kappa shape index (κ2) is 7.84. The van der Waals surface area contributed by atoms with E-state index >= 15 is 0 Å². The van der Waals surface area contributed by atoms with Crippen LogP contribution in [0, 0.1) is 5.82 Å². The molecule has 27 heavy (non-hydrogen) atoms. The van der Waals surface area contributed by atoms with Gasteiger partial charge >= 0.3 is 0 Å². The van der Waals surface area contributed by atoms with Gasteiger partial charge in [0.05, 0.1) is 17.7 Å². The standard InChI is InChI=1S/C18H18ClFN2O4S/c1-26-17-9-4-12(19)11-15(17)21-18(23)16-3-2-10-22(16)27(24,25)14-7-5-13(20)6-8-14/h4-9,11,16H,2-3,10H2,1H3,(H,21,23). The number of nitrogens with one attached hydrogen (secondary N) is 1. The molecule has 9 heteroatoms. The van der Waals surface area contributed by atoms with Crippen LogP contribution in [-0.2, 0) is 14.8 Å². The number of methoxy groups -OCH3 is 1. The summed E-state index contributed by atoms with van der Waals surface area (Å²) in [5.41, 5.74) is 0.362. The molecule has 1 heterocycles. The minimum Gasteiger partial charge on any atom is -0.495 e. The van der Waals surface area contributed by atoms with E-state index in [4.69, 9.17) is 16.3 Å². The Hall–Kier alpha value is -2.16. The van der Waals surface area contributed by atoms with E-state index in [9.17, 15) is 17.6 Å². The van der Waals surface area contributed by atoms with E-state index in [-0.39, 0.29) is 11.4 Å². The first-order valence-electron chi connectivity index (χ1n) is 8.25. The van der Waals surface area contributed by atoms with Crippen LogP contribution in [0.15, 0.2) is 47.4 Å². The van der Waals surface area contributed by atoms with Crippen molar-refractivity contribution < 1.29 is 22.3 Å². The summed E-state index contributed by atoms with van der Waals surface area (Å²) in [6.45, 7) is 0.213. The lowest BCUT2D eigenvalue weighted by Gasteiger charge is -2.23. The molecule has 0 spiro atoms. The van der Waals surface area contributed by atoms with Crippen LogP contribution in [0.3, 0.4) is 0 Å². The fourth-order valence-corrected chi connectivity index (χ4v) is 4.85. The number of ether oxygens (including phenoxy) is 1. The van der Waals surface area contributed by atoms with E-state index in [2.05, 4.69) is 5.32 Å². The number of sulfonamides is 1. The minimum absolute atomic E-state index is 0.0519. The van der Waals surface area contributed by atoms with E-state index in [0.29, 0.717) is 29.3 Å². The molecule has 1 aliphatic heterocycles. The van der Waals surface area contributed by atoms with Crippen LogP contribution in [0.4, 0.5) is 10.1 Å². The van der Waals surface area contributed by atoms with Crippen LogP contribution >= 0.6 is 11.6 Å². The lowest BCUT2D eigenvalue weighted by molar-refractivity contribution is -0.119. The summed E-state index contributed by atoms with van der Waals surface area (Å²) < 4.78 is 45.2. The zero-order valence-electron chi connectivity index (χ0n) is 14.5. The van der Waals surface area contributed by atoms with Crippen LogP contribution in [0.5, 0.6) is 5.75 Å². The van der Waals surface area contributed by atoms with Crippen LogP contribution in [0.1, 0.15) is 12.8 Å². The molecular weight excluding hydrogens is 395 g/mol. The van der Waals surface area contributed by atoms with Gasteiger partial charge in [0.1, 0.15) is 17.6 Å². The summed E-state index contributed by atoms with van der Waals surface area (Å²) in [7, 11) is -2.46. The number of benzene rings is 2. The molecule has 0 radical (unpaired) electrons. The first-order valence-corrected chi connectivity index (χ1v) is 10.1. The van der Waals surface area contributed by atoms with Gasteiger partial charge in [0.15, 0.2) is 0 Å². The number of anilines is 1. The highest BCUT2D eigenvalue weighted by Crippen LogP contribution is 2.30. The molecule has 1 N–H and O–H groups in total. The van der Waals surface area contributed by atoms with Gasteiger partial charge in [0, 0.05) is 11.6 Å². The first kappa shape index (κ1) is 19.6. The third-order valence-corrected chi connectivity index (χ3v) is 6.50. The number of carbonyl (C=O) groups is 1. The summed E-state index contributed by atoms with van der Waals surface area (Å²) in [5.74, 6) is -0.588. The fourth-order valence-electron chi connectivity index (χ4n) is 3.03. The maximum absolute atomic E-state index is 13.1. The monoisotopic (exact) mass is 412 g/mol. The zero-order valence-corrected chi connectivity index (χ0v) is 16.1. The van der Waals surface area contributed by atoms with Crippen molar-refractivity contribution in [3.8, 4) is 5.75 Å². The van der Waals surface area contributed by atoms with Crippen molar-refractivity contribution in [2.45, 2.75) is 23.8 Å². The Labute approximate surface area is 161 Å². The number of amides is 1. The minimum atomic E-state index is -3.92. The smallest absolute Gasteiger partial charge is 0.243 e. The SMILES string of the molecule is COc1ccc(Cl)cc1NC(=O)C1CCCN1S(=O)(=O)c1ccc(F)cc1. The Bertz CT molecular complexity index is 950. The van der Waals surface area contributed by atoms with Crippen molar-refractivity contribution in [3.63, 3.8) is 0 Å². The van der Waals surface area contributed by atoms with Crippen LogP contribution in [0.2, 0.25) is 5.02 Å². The van der Waals surface area contributed by atoms with Gasteiger partial charge in [-0.15, -0.1) is 0 Å². The summed E-state index contributed by atoms with van der Waals surface area (Å²) in [4.78, 5) is 12.7. The number of rotatable bonds is 5.